The molecule has 0 radical (unpaired) electrons. The predicted octanol–water partition coefficient (Wildman–Crippen LogP) is 2.46. The van der Waals surface area contributed by atoms with Crippen molar-refractivity contribution in [1.82, 2.24) is 15.1 Å². The lowest BCUT2D eigenvalue weighted by Crippen LogP contribution is -2.48. The van der Waals surface area contributed by atoms with Gasteiger partial charge in [-0.3, -0.25) is 9.69 Å². The number of hydrogen-bond acceptors (Lipinski definition) is 4. The highest BCUT2D eigenvalue weighted by molar-refractivity contribution is 6.33. The summed E-state index contributed by atoms with van der Waals surface area (Å²) in [6.45, 7) is 10.6. The van der Waals surface area contributed by atoms with Gasteiger partial charge in [0.2, 0.25) is 0 Å². The summed E-state index contributed by atoms with van der Waals surface area (Å²) in [7, 11) is 0. The van der Waals surface area contributed by atoms with E-state index in [0.717, 1.165) is 32.7 Å². The van der Waals surface area contributed by atoms with Crippen molar-refractivity contribution in [3.8, 4) is 0 Å². The van der Waals surface area contributed by atoms with E-state index >= 15 is 0 Å². The monoisotopic (exact) mass is 322 g/mol. The number of rotatable bonds is 4. The van der Waals surface area contributed by atoms with Gasteiger partial charge in [-0.05, 0) is 26.3 Å². The normalized spacial score (nSPS) is 17.9. The van der Waals surface area contributed by atoms with Crippen molar-refractivity contribution < 1.29 is 0 Å². The van der Waals surface area contributed by atoms with Crippen molar-refractivity contribution in [3.63, 3.8) is 0 Å². The van der Waals surface area contributed by atoms with Crippen LogP contribution in [0.2, 0.25) is 5.02 Å². The topological polar surface area (TPSA) is 52.2 Å². The van der Waals surface area contributed by atoms with Crippen molar-refractivity contribution in [2.75, 3.05) is 37.6 Å². The molecule has 2 heterocycles. The molecule has 0 aromatic carbocycles. The van der Waals surface area contributed by atoms with Gasteiger partial charge in [0.25, 0.3) is 5.56 Å². The minimum atomic E-state index is -0.222. The Labute approximate surface area is 136 Å². The van der Waals surface area contributed by atoms with Crippen LogP contribution < -0.4 is 10.5 Å². The third-order valence-corrected chi connectivity index (χ3v) is 4.43. The smallest absolute Gasteiger partial charge is 0.289 e. The van der Waals surface area contributed by atoms with E-state index in [1.807, 2.05) is 4.90 Å². The zero-order valence-electron chi connectivity index (χ0n) is 13.4. The Balaban J connectivity index is 2.01. The van der Waals surface area contributed by atoms with Gasteiger partial charge in [0, 0.05) is 32.7 Å². The largest absolute Gasteiger partial charge is 0.363 e. The van der Waals surface area contributed by atoms with Crippen LogP contribution in [0, 0.1) is 0 Å². The first-order valence-electron chi connectivity index (χ1n) is 7.55. The van der Waals surface area contributed by atoms with Gasteiger partial charge in [-0.1, -0.05) is 29.3 Å². The maximum atomic E-state index is 11.9. The fraction of sp³-hybridized carbons (Fsp3) is 0.500. The standard InChI is InChI=1S/C16H23ClN4O/c1-4-12(3)13(5-2)11-20-6-8-21(9-7-20)15-14(17)10-18-19-16(15)22/h4-5,10H,6-9,11H2,1-3H3,(H,19,22)/b12-4-,13-5-. The molecule has 0 amide bonds. The van der Waals surface area contributed by atoms with Gasteiger partial charge in [0.15, 0.2) is 0 Å². The molecule has 1 N–H and O–H groups in total. The molecular formula is C16H23ClN4O. The Bertz CT molecular complexity index is 627. The molecule has 2 rings (SSSR count). The second-order valence-electron chi connectivity index (χ2n) is 5.44. The molecule has 6 heteroatoms. The summed E-state index contributed by atoms with van der Waals surface area (Å²) in [6, 6.07) is 0. The summed E-state index contributed by atoms with van der Waals surface area (Å²) < 4.78 is 0. The molecule has 1 aliphatic rings. The number of halogens is 1. The quantitative estimate of drug-likeness (QED) is 0.865. The Kier molecular flexibility index (Phi) is 5.80. The first-order chi connectivity index (χ1) is 10.6. The number of H-pyrrole nitrogens is 1. The third kappa shape index (κ3) is 3.78. The maximum absolute atomic E-state index is 11.9. The van der Waals surface area contributed by atoms with Crippen LogP contribution >= 0.6 is 11.6 Å². The van der Waals surface area contributed by atoms with Gasteiger partial charge in [0.1, 0.15) is 5.69 Å². The molecule has 1 aromatic rings. The Morgan fingerprint density at radius 3 is 2.55 bits per heavy atom. The van der Waals surface area contributed by atoms with Crippen molar-refractivity contribution >= 4 is 17.3 Å². The summed E-state index contributed by atoms with van der Waals surface area (Å²) in [6.07, 6.45) is 5.80. The molecule has 120 valence electrons. The molecule has 1 aromatic heterocycles. The molecule has 1 saturated heterocycles. The van der Waals surface area contributed by atoms with Gasteiger partial charge in [0.05, 0.1) is 11.2 Å². The summed E-state index contributed by atoms with van der Waals surface area (Å²) in [5.41, 5.74) is 2.99. The van der Waals surface area contributed by atoms with E-state index in [1.54, 1.807) is 0 Å². The Hall–Kier alpha value is -1.59. The van der Waals surface area contributed by atoms with Crippen molar-refractivity contribution in [1.29, 1.82) is 0 Å². The molecular weight excluding hydrogens is 300 g/mol. The zero-order valence-corrected chi connectivity index (χ0v) is 14.2. The summed E-state index contributed by atoms with van der Waals surface area (Å²) in [5.74, 6) is 0. The number of piperazine rings is 1. The van der Waals surface area contributed by atoms with E-state index < -0.39 is 0 Å². The minimum Gasteiger partial charge on any atom is -0.363 e. The van der Waals surface area contributed by atoms with Crippen LogP contribution in [0.15, 0.2) is 34.3 Å². The van der Waals surface area contributed by atoms with Crippen LogP contribution in [0.1, 0.15) is 20.8 Å². The maximum Gasteiger partial charge on any atom is 0.289 e. The number of nitrogens with zero attached hydrogens (tertiary/aromatic N) is 3. The van der Waals surface area contributed by atoms with Crippen LogP contribution in [-0.4, -0.2) is 47.8 Å². The molecule has 0 bridgehead atoms. The first kappa shape index (κ1) is 16.8. The van der Waals surface area contributed by atoms with Gasteiger partial charge in [-0.15, -0.1) is 0 Å². The predicted molar refractivity (Wildman–Crippen MR) is 91.7 cm³/mol. The molecule has 0 saturated carbocycles. The third-order valence-electron chi connectivity index (χ3n) is 4.16. The van der Waals surface area contributed by atoms with Gasteiger partial charge in [-0.2, -0.15) is 5.10 Å². The van der Waals surface area contributed by atoms with Crippen molar-refractivity contribution in [2.24, 2.45) is 0 Å². The number of hydrogen-bond donors (Lipinski definition) is 1. The molecule has 0 unspecified atom stereocenters. The van der Waals surface area contributed by atoms with Gasteiger partial charge in [-0.25, -0.2) is 5.10 Å². The van der Waals surface area contributed by atoms with Crippen LogP contribution in [0.3, 0.4) is 0 Å². The fourth-order valence-electron chi connectivity index (χ4n) is 2.66. The highest BCUT2D eigenvalue weighted by Gasteiger charge is 2.21. The van der Waals surface area contributed by atoms with E-state index in [0.29, 0.717) is 10.7 Å². The number of aromatic amines is 1. The van der Waals surface area contributed by atoms with Crippen molar-refractivity contribution in [3.05, 3.63) is 44.9 Å². The molecule has 0 atom stereocenters. The molecule has 1 aliphatic heterocycles. The highest BCUT2D eigenvalue weighted by Crippen LogP contribution is 2.21. The van der Waals surface area contributed by atoms with Crippen LogP contribution in [0.4, 0.5) is 5.69 Å². The second-order valence-corrected chi connectivity index (χ2v) is 5.85. The van der Waals surface area contributed by atoms with E-state index in [9.17, 15) is 4.79 Å². The SMILES string of the molecule is C/C=C(C)\C(=C/C)CN1CCN(c2c(Cl)cn[nH]c2=O)CC1. The lowest BCUT2D eigenvalue weighted by molar-refractivity contribution is 0.279. The second kappa shape index (κ2) is 7.61. The molecule has 22 heavy (non-hydrogen) atoms. The lowest BCUT2D eigenvalue weighted by Gasteiger charge is -2.36. The van der Waals surface area contributed by atoms with E-state index in [2.05, 4.69) is 48.0 Å². The van der Waals surface area contributed by atoms with E-state index in [1.165, 1.54) is 17.3 Å². The summed E-state index contributed by atoms with van der Waals surface area (Å²) in [5, 5.41) is 6.58. The molecule has 1 fully saturated rings. The number of anilines is 1. The molecule has 0 spiro atoms. The number of allylic oxidation sites excluding steroid dienone is 2. The molecule has 5 nitrogen and oxygen atoms in total. The van der Waals surface area contributed by atoms with Gasteiger partial charge >= 0.3 is 0 Å². The summed E-state index contributed by atoms with van der Waals surface area (Å²) in [4.78, 5) is 16.3. The first-order valence-corrected chi connectivity index (χ1v) is 7.93. The average Bonchev–Trinajstić information content (AvgIpc) is 2.53. The van der Waals surface area contributed by atoms with Crippen LogP contribution in [0.5, 0.6) is 0 Å². The number of nitrogens with one attached hydrogen (secondary N) is 1. The van der Waals surface area contributed by atoms with Crippen molar-refractivity contribution in [2.45, 2.75) is 20.8 Å². The minimum absolute atomic E-state index is 0.222. The van der Waals surface area contributed by atoms with Crippen LogP contribution in [-0.2, 0) is 0 Å². The van der Waals surface area contributed by atoms with Gasteiger partial charge < -0.3 is 4.90 Å². The van der Waals surface area contributed by atoms with Crippen LogP contribution in [0.25, 0.3) is 0 Å². The summed E-state index contributed by atoms with van der Waals surface area (Å²) >= 11 is 6.11. The molecule has 0 aliphatic carbocycles. The number of aromatic nitrogens is 2. The lowest BCUT2D eigenvalue weighted by atomic mass is 10.1. The Morgan fingerprint density at radius 1 is 1.32 bits per heavy atom. The van der Waals surface area contributed by atoms with E-state index in [-0.39, 0.29) is 5.56 Å². The Morgan fingerprint density at radius 2 is 2.00 bits per heavy atom. The van der Waals surface area contributed by atoms with E-state index in [4.69, 9.17) is 11.6 Å². The zero-order chi connectivity index (χ0) is 16.1. The average molecular weight is 323 g/mol. The highest BCUT2D eigenvalue weighted by atomic mass is 35.5. The fourth-order valence-corrected chi connectivity index (χ4v) is 2.92.